The first kappa shape index (κ1) is 19.2. The van der Waals surface area contributed by atoms with Gasteiger partial charge in [0.05, 0.1) is 18.8 Å². The Bertz CT molecular complexity index is 804. The maximum absolute atomic E-state index is 11.1. The first-order valence-electron chi connectivity index (χ1n) is 8.95. The van der Waals surface area contributed by atoms with Crippen molar-refractivity contribution in [3.63, 3.8) is 0 Å². The molecule has 27 heavy (non-hydrogen) atoms. The molecule has 0 aromatic heterocycles. The van der Waals surface area contributed by atoms with E-state index in [1.165, 1.54) is 16.7 Å². The summed E-state index contributed by atoms with van der Waals surface area (Å²) in [5.74, 6) is 0.717. The second-order valence-corrected chi connectivity index (χ2v) is 7.10. The maximum Gasteiger partial charge on any atom is 0.371 e. The molecule has 1 aliphatic heterocycles. The summed E-state index contributed by atoms with van der Waals surface area (Å²) in [6.07, 6.45) is 1.51. The zero-order chi connectivity index (χ0) is 19.1. The van der Waals surface area contributed by atoms with Crippen LogP contribution in [-0.2, 0) is 9.53 Å². The van der Waals surface area contributed by atoms with E-state index in [1.54, 1.807) is 6.92 Å². The molecule has 0 atom stereocenters. The van der Waals surface area contributed by atoms with Gasteiger partial charge in [0.1, 0.15) is 12.4 Å². The lowest BCUT2D eigenvalue weighted by Gasteiger charge is -2.30. The van der Waals surface area contributed by atoms with Gasteiger partial charge in [0, 0.05) is 17.2 Å². The minimum absolute atomic E-state index is 0.0622. The molecule has 1 N–H and O–H groups in total. The fraction of sp³-hybridized carbons (Fsp3) is 0.286. The fourth-order valence-electron chi connectivity index (χ4n) is 2.86. The van der Waals surface area contributed by atoms with Gasteiger partial charge in [0.15, 0.2) is 0 Å². The standard InChI is InChI=1S/C21H23NO4S/c1-2-25-19(21(23)24)15-16-7-9-17(10-8-16)26-13-11-22-12-14-27-20-6-4-3-5-18(20)22/h3-10,15H,2,11-14H2,1H3,(H,23,24). The molecule has 2 aromatic rings. The molecule has 3 rings (SSSR count). The number of anilines is 1. The number of benzene rings is 2. The van der Waals surface area contributed by atoms with Crippen LogP contribution < -0.4 is 9.64 Å². The van der Waals surface area contributed by atoms with E-state index in [0.29, 0.717) is 13.2 Å². The second kappa shape index (κ2) is 9.37. The first-order chi connectivity index (χ1) is 13.2. The lowest BCUT2D eigenvalue weighted by Crippen LogP contribution is -2.33. The zero-order valence-corrected chi connectivity index (χ0v) is 16.1. The largest absolute Gasteiger partial charge is 0.492 e. The topological polar surface area (TPSA) is 59.0 Å². The van der Waals surface area contributed by atoms with E-state index in [-0.39, 0.29) is 5.76 Å². The van der Waals surface area contributed by atoms with Crippen molar-refractivity contribution in [2.45, 2.75) is 11.8 Å². The maximum atomic E-state index is 11.1. The summed E-state index contributed by atoms with van der Waals surface area (Å²) in [6.45, 7) is 4.51. The van der Waals surface area contributed by atoms with E-state index in [2.05, 4.69) is 29.2 Å². The summed E-state index contributed by atoms with van der Waals surface area (Å²) >= 11 is 1.89. The van der Waals surface area contributed by atoms with Crippen molar-refractivity contribution in [1.29, 1.82) is 0 Å². The van der Waals surface area contributed by atoms with Gasteiger partial charge in [-0.1, -0.05) is 24.3 Å². The molecule has 0 bridgehead atoms. The Kier molecular flexibility index (Phi) is 6.65. The molecule has 0 radical (unpaired) electrons. The summed E-state index contributed by atoms with van der Waals surface area (Å²) in [4.78, 5) is 14.8. The molecule has 0 fully saturated rings. The van der Waals surface area contributed by atoms with Crippen LogP contribution in [0.1, 0.15) is 12.5 Å². The summed E-state index contributed by atoms with van der Waals surface area (Å²) in [7, 11) is 0. The number of ether oxygens (including phenoxy) is 2. The highest BCUT2D eigenvalue weighted by Crippen LogP contribution is 2.33. The third-order valence-electron chi connectivity index (χ3n) is 4.14. The van der Waals surface area contributed by atoms with E-state index in [9.17, 15) is 4.79 Å². The van der Waals surface area contributed by atoms with Crippen molar-refractivity contribution >= 4 is 29.5 Å². The second-order valence-electron chi connectivity index (χ2n) is 5.97. The average Bonchev–Trinajstić information content (AvgIpc) is 2.69. The number of hydrogen-bond donors (Lipinski definition) is 1. The SMILES string of the molecule is CCOC(=Cc1ccc(OCCN2CCSc3ccccc32)cc1)C(=O)O. The third kappa shape index (κ3) is 5.20. The lowest BCUT2D eigenvalue weighted by atomic mass is 10.2. The molecule has 0 unspecified atom stereocenters. The van der Waals surface area contributed by atoms with Crippen molar-refractivity contribution < 1.29 is 19.4 Å². The Balaban J connectivity index is 1.55. The highest BCUT2D eigenvalue weighted by Gasteiger charge is 2.16. The van der Waals surface area contributed by atoms with Gasteiger partial charge in [-0.15, -0.1) is 11.8 Å². The Labute approximate surface area is 163 Å². The number of rotatable bonds is 8. The molecule has 0 amide bonds. The van der Waals surface area contributed by atoms with Crippen LogP contribution >= 0.6 is 11.8 Å². The van der Waals surface area contributed by atoms with Gasteiger partial charge in [0.2, 0.25) is 5.76 Å². The Morgan fingerprint density at radius 2 is 2.00 bits per heavy atom. The fourth-order valence-corrected chi connectivity index (χ4v) is 3.92. The third-order valence-corrected chi connectivity index (χ3v) is 5.19. The van der Waals surface area contributed by atoms with Gasteiger partial charge in [-0.25, -0.2) is 4.79 Å². The normalized spacial score (nSPS) is 13.8. The number of hydrogen-bond acceptors (Lipinski definition) is 5. The van der Waals surface area contributed by atoms with Crippen LogP contribution in [0, 0.1) is 0 Å². The monoisotopic (exact) mass is 385 g/mol. The van der Waals surface area contributed by atoms with E-state index in [0.717, 1.165) is 30.2 Å². The summed E-state index contributed by atoms with van der Waals surface area (Å²) in [6, 6.07) is 15.8. The number of nitrogens with zero attached hydrogens (tertiary/aromatic N) is 1. The number of para-hydroxylation sites is 1. The van der Waals surface area contributed by atoms with E-state index in [1.807, 2.05) is 36.0 Å². The van der Waals surface area contributed by atoms with Gasteiger partial charge in [-0.05, 0) is 42.8 Å². The van der Waals surface area contributed by atoms with Crippen molar-refractivity contribution in [1.82, 2.24) is 0 Å². The van der Waals surface area contributed by atoms with Crippen LogP contribution in [-0.4, -0.2) is 43.1 Å². The highest BCUT2D eigenvalue weighted by molar-refractivity contribution is 7.99. The van der Waals surface area contributed by atoms with E-state index < -0.39 is 5.97 Å². The smallest absolute Gasteiger partial charge is 0.371 e. The van der Waals surface area contributed by atoms with Crippen molar-refractivity contribution in [2.24, 2.45) is 0 Å². The predicted octanol–water partition coefficient (Wildman–Crippen LogP) is 4.14. The van der Waals surface area contributed by atoms with Crippen LogP contribution in [0.25, 0.3) is 6.08 Å². The summed E-state index contributed by atoms with van der Waals surface area (Å²) in [5, 5.41) is 9.11. The number of carboxylic acids is 1. The molecule has 2 aromatic carbocycles. The molecule has 0 spiro atoms. The Hall–Kier alpha value is -2.60. The molecule has 0 saturated carbocycles. The van der Waals surface area contributed by atoms with Gasteiger partial charge in [0.25, 0.3) is 0 Å². The summed E-state index contributed by atoms with van der Waals surface area (Å²) in [5.41, 5.74) is 2.03. The lowest BCUT2D eigenvalue weighted by molar-refractivity contribution is -0.136. The van der Waals surface area contributed by atoms with Crippen LogP contribution in [0.15, 0.2) is 59.2 Å². The van der Waals surface area contributed by atoms with E-state index in [4.69, 9.17) is 14.6 Å². The molecule has 0 saturated heterocycles. The predicted molar refractivity (Wildman–Crippen MR) is 109 cm³/mol. The average molecular weight is 385 g/mol. The summed E-state index contributed by atoms with van der Waals surface area (Å²) < 4.78 is 11.0. The Morgan fingerprint density at radius 1 is 1.22 bits per heavy atom. The van der Waals surface area contributed by atoms with Crippen LogP contribution in [0.4, 0.5) is 5.69 Å². The van der Waals surface area contributed by atoms with Crippen molar-refractivity contribution in [3.8, 4) is 5.75 Å². The number of carbonyl (C=O) groups is 1. The Morgan fingerprint density at radius 3 is 2.74 bits per heavy atom. The molecule has 142 valence electrons. The molecule has 1 aliphatic rings. The van der Waals surface area contributed by atoms with Gasteiger partial charge in [-0.2, -0.15) is 0 Å². The minimum Gasteiger partial charge on any atom is -0.492 e. The minimum atomic E-state index is -1.07. The van der Waals surface area contributed by atoms with Crippen molar-refractivity contribution in [3.05, 3.63) is 59.9 Å². The molecule has 1 heterocycles. The van der Waals surface area contributed by atoms with Crippen LogP contribution in [0.3, 0.4) is 0 Å². The molecular weight excluding hydrogens is 362 g/mol. The van der Waals surface area contributed by atoms with Crippen molar-refractivity contribution in [2.75, 3.05) is 37.0 Å². The van der Waals surface area contributed by atoms with Gasteiger partial charge in [-0.3, -0.25) is 0 Å². The van der Waals surface area contributed by atoms with Gasteiger partial charge < -0.3 is 19.5 Å². The zero-order valence-electron chi connectivity index (χ0n) is 15.3. The molecular formula is C21H23NO4S. The van der Waals surface area contributed by atoms with E-state index >= 15 is 0 Å². The number of fused-ring (bicyclic) bond motifs is 1. The first-order valence-corrected chi connectivity index (χ1v) is 9.93. The van der Waals surface area contributed by atoms with Crippen LogP contribution in [0.2, 0.25) is 0 Å². The number of carboxylic acid groups (broad SMARTS) is 1. The highest BCUT2D eigenvalue weighted by atomic mass is 32.2. The number of thioether (sulfide) groups is 1. The molecule has 5 nitrogen and oxygen atoms in total. The quantitative estimate of drug-likeness (QED) is 0.544. The molecule has 6 heteroatoms. The number of aliphatic carboxylic acids is 1. The molecule has 0 aliphatic carbocycles. The van der Waals surface area contributed by atoms with Gasteiger partial charge >= 0.3 is 5.97 Å². The van der Waals surface area contributed by atoms with Crippen LogP contribution in [0.5, 0.6) is 5.75 Å².